The van der Waals surface area contributed by atoms with Crippen molar-refractivity contribution >= 4 is 27.3 Å². The van der Waals surface area contributed by atoms with Crippen molar-refractivity contribution in [2.75, 3.05) is 13.1 Å². The molecule has 3 nitrogen and oxygen atoms in total. The molecule has 2 N–H and O–H groups in total. The number of aliphatic hydroxyl groups is 2. The van der Waals surface area contributed by atoms with Gasteiger partial charge in [-0.05, 0) is 32.9 Å². The molecule has 1 saturated heterocycles. The van der Waals surface area contributed by atoms with Gasteiger partial charge in [-0.25, -0.2) is 0 Å². The fourth-order valence-electron chi connectivity index (χ4n) is 1.66. The van der Waals surface area contributed by atoms with Crippen LogP contribution in [0.1, 0.15) is 5.56 Å². The summed E-state index contributed by atoms with van der Waals surface area (Å²) in [6, 6.07) is 2.07. The molecular weight excluding hydrogens is 266 g/mol. The summed E-state index contributed by atoms with van der Waals surface area (Å²) in [5.41, 5.74) is 1.23. The Balaban J connectivity index is 1.93. The normalized spacial score (nSPS) is 28.5. The lowest BCUT2D eigenvalue weighted by molar-refractivity contribution is 0.0572. The highest BCUT2D eigenvalue weighted by Crippen LogP contribution is 2.23. The molecule has 1 fully saturated rings. The van der Waals surface area contributed by atoms with Gasteiger partial charge in [-0.1, -0.05) is 0 Å². The van der Waals surface area contributed by atoms with Gasteiger partial charge in [0.05, 0.1) is 16.0 Å². The van der Waals surface area contributed by atoms with E-state index in [-0.39, 0.29) is 0 Å². The highest BCUT2D eigenvalue weighted by Gasteiger charge is 2.29. The van der Waals surface area contributed by atoms with Crippen molar-refractivity contribution < 1.29 is 10.2 Å². The van der Waals surface area contributed by atoms with E-state index in [1.54, 1.807) is 11.3 Å². The molecule has 0 radical (unpaired) electrons. The monoisotopic (exact) mass is 277 g/mol. The number of hydrogen-bond donors (Lipinski definition) is 2. The summed E-state index contributed by atoms with van der Waals surface area (Å²) >= 11 is 5.06. The average molecular weight is 278 g/mol. The Hall–Kier alpha value is 0.0600. The van der Waals surface area contributed by atoms with E-state index in [1.807, 2.05) is 0 Å². The van der Waals surface area contributed by atoms with Gasteiger partial charge >= 0.3 is 0 Å². The molecule has 0 spiro atoms. The van der Waals surface area contributed by atoms with Crippen LogP contribution in [-0.2, 0) is 6.54 Å². The second kappa shape index (κ2) is 4.28. The molecule has 0 saturated carbocycles. The van der Waals surface area contributed by atoms with Gasteiger partial charge in [0.2, 0.25) is 0 Å². The van der Waals surface area contributed by atoms with Gasteiger partial charge in [-0.15, -0.1) is 11.3 Å². The highest BCUT2D eigenvalue weighted by atomic mass is 79.9. The van der Waals surface area contributed by atoms with Crippen molar-refractivity contribution in [3.8, 4) is 0 Å². The number of halogens is 1. The molecule has 1 aromatic heterocycles. The second-order valence-electron chi connectivity index (χ2n) is 3.59. The first-order valence-electron chi connectivity index (χ1n) is 4.46. The Labute approximate surface area is 95.1 Å². The Morgan fingerprint density at radius 2 is 2.07 bits per heavy atom. The lowest BCUT2D eigenvalue weighted by Crippen LogP contribution is -2.22. The molecule has 1 aromatic rings. The van der Waals surface area contributed by atoms with E-state index in [0.717, 1.165) is 10.3 Å². The van der Waals surface area contributed by atoms with Crippen molar-refractivity contribution in [1.82, 2.24) is 4.90 Å². The standard InChI is InChI=1S/C9H12BrNO2S/c10-9-1-6(5-14-9)2-11-3-7(12)8(13)4-11/h1,5,7-8,12-13H,2-4H2. The summed E-state index contributed by atoms with van der Waals surface area (Å²) in [6.45, 7) is 1.93. The molecule has 2 atom stereocenters. The van der Waals surface area contributed by atoms with E-state index in [4.69, 9.17) is 0 Å². The van der Waals surface area contributed by atoms with E-state index in [2.05, 4.69) is 32.3 Å². The van der Waals surface area contributed by atoms with E-state index in [1.165, 1.54) is 5.56 Å². The number of rotatable bonds is 2. The van der Waals surface area contributed by atoms with Gasteiger partial charge in [-0.3, -0.25) is 4.90 Å². The summed E-state index contributed by atoms with van der Waals surface area (Å²) in [6.07, 6.45) is -1.17. The van der Waals surface area contributed by atoms with Crippen LogP contribution in [0.25, 0.3) is 0 Å². The third-order valence-corrected chi connectivity index (χ3v) is 3.92. The fourth-order valence-corrected chi connectivity index (χ4v) is 2.86. The SMILES string of the molecule is OC1CN(Cc2csc(Br)c2)CC1O. The average Bonchev–Trinajstić information content (AvgIpc) is 2.62. The maximum atomic E-state index is 9.35. The second-order valence-corrected chi connectivity index (χ2v) is 5.88. The van der Waals surface area contributed by atoms with Crippen molar-refractivity contribution in [3.63, 3.8) is 0 Å². The molecular formula is C9H12BrNO2S. The van der Waals surface area contributed by atoms with E-state index in [9.17, 15) is 10.2 Å². The lowest BCUT2D eigenvalue weighted by Gasteiger charge is -2.12. The third kappa shape index (κ3) is 2.35. The highest BCUT2D eigenvalue weighted by molar-refractivity contribution is 9.11. The minimum atomic E-state index is -0.586. The lowest BCUT2D eigenvalue weighted by atomic mass is 10.3. The predicted octanol–water partition coefficient (Wildman–Crippen LogP) is 1.05. The fraction of sp³-hybridized carbons (Fsp3) is 0.556. The smallest absolute Gasteiger partial charge is 0.0938 e. The molecule has 0 aliphatic carbocycles. The molecule has 14 heavy (non-hydrogen) atoms. The zero-order chi connectivity index (χ0) is 10.1. The first-order valence-corrected chi connectivity index (χ1v) is 6.14. The van der Waals surface area contributed by atoms with Crippen molar-refractivity contribution in [2.45, 2.75) is 18.8 Å². The minimum Gasteiger partial charge on any atom is -0.389 e. The maximum Gasteiger partial charge on any atom is 0.0938 e. The van der Waals surface area contributed by atoms with E-state index in [0.29, 0.717) is 13.1 Å². The maximum absolute atomic E-state index is 9.35. The van der Waals surface area contributed by atoms with Crippen LogP contribution in [0.4, 0.5) is 0 Å². The first kappa shape index (κ1) is 10.6. The molecule has 1 aliphatic heterocycles. The Morgan fingerprint density at radius 1 is 1.43 bits per heavy atom. The molecule has 2 unspecified atom stereocenters. The molecule has 5 heteroatoms. The van der Waals surface area contributed by atoms with Crippen molar-refractivity contribution in [1.29, 1.82) is 0 Å². The van der Waals surface area contributed by atoms with E-state index >= 15 is 0 Å². The third-order valence-electron chi connectivity index (χ3n) is 2.36. The Bertz CT molecular complexity index is 308. The number of nitrogens with zero attached hydrogens (tertiary/aromatic N) is 1. The van der Waals surface area contributed by atoms with Crippen LogP contribution in [0.3, 0.4) is 0 Å². The first-order chi connectivity index (χ1) is 6.65. The number of β-amino-alcohol motifs (C(OH)–C–C–N with tert-alkyl or cyclic N) is 2. The number of likely N-dealkylation sites (tertiary alicyclic amines) is 1. The van der Waals surface area contributed by atoms with Crippen LogP contribution in [0.2, 0.25) is 0 Å². The van der Waals surface area contributed by atoms with Gasteiger partial charge in [0.15, 0.2) is 0 Å². The van der Waals surface area contributed by atoms with Crippen LogP contribution >= 0.6 is 27.3 Å². The van der Waals surface area contributed by atoms with Crippen LogP contribution in [0.15, 0.2) is 15.2 Å². The molecule has 0 aromatic carbocycles. The quantitative estimate of drug-likeness (QED) is 0.850. The molecule has 0 amide bonds. The predicted molar refractivity (Wildman–Crippen MR) is 59.3 cm³/mol. The molecule has 0 bridgehead atoms. The zero-order valence-electron chi connectivity index (χ0n) is 7.56. The molecule has 78 valence electrons. The van der Waals surface area contributed by atoms with Gasteiger partial charge in [-0.2, -0.15) is 0 Å². The largest absolute Gasteiger partial charge is 0.389 e. The summed E-state index contributed by atoms with van der Waals surface area (Å²) in [5, 5.41) is 20.8. The minimum absolute atomic E-state index is 0.564. The van der Waals surface area contributed by atoms with Crippen LogP contribution in [0, 0.1) is 0 Å². The molecule has 2 heterocycles. The van der Waals surface area contributed by atoms with Crippen LogP contribution < -0.4 is 0 Å². The van der Waals surface area contributed by atoms with E-state index < -0.39 is 12.2 Å². The topological polar surface area (TPSA) is 43.7 Å². The van der Waals surface area contributed by atoms with Gasteiger partial charge in [0, 0.05) is 19.6 Å². The number of aliphatic hydroxyl groups excluding tert-OH is 2. The zero-order valence-corrected chi connectivity index (χ0v) is 9.96. The van der Waals surface area contributed by atoms with Crippen molar-refractivity contribution in [2.24, 2.45) is 0 Å². The Morgan fingerprint density at radius 3 is 2.57 bits per heavy atom. The Kier molecular flexibility index (Phi) is 3.23. The number of thiophene rings is 1. The van der Waals surface area contributed by atoms with Gasteiger partial charge in [0.1, 0.15) is 0 Å². The summed E-state index contributed by atoms with van der Waals surface area (Å²) in [5.74, 6) is 0. The van der Waals surface area contributed by atoms with Crippen LogP contribution in [0.5, 0.6) is 0 Å². The molecule has 1 aliphatic rings. The molecule has 2 rings (SSSR count). The summed E-state index contributed by atoms with van der Waals surface area (Å²) < 4.78 is 1.12. The van der Waals surface area contributed by atoms with Gasteiger partial charge < -0.3 is 10.2 Å². The van der Waals surface area contributed by atoms with Crippen LogP contribution in [-0.4, -0.2) is 40.4 Å². The summed E-state index contributed by atoms with van der Waals surface area (Å²) in [7, 11) is 0. The summed E-state index contributed by atoms with van der Waals surface area (Å²) in [4.78, 5) is 2.06. The van der Waals surface area contributed by atoms with Gasteiger partial charge in [0.25, 0.3) is 0 Å². The van der Waals surface area contributed by atoms with Crippen molar-refractivity contribution in [3.05, 3.63) is 20.8 Å². The number of hydrogen-bond acceptors (Lipinski definition) is 4.